The molecule has 5 rings (SSSR count). The highest BCUT2D eigenvalue weighted by molar-refractivity contribution is 5.85. The molecule has 0 radical (unpaired) electrons. The molecule has 2 atom stereocenters. The second-order valence-corrected chi connectivity index (χ2v) is 9.06. The number of aromatic nitrogens is 2. The number of anilines is 1. The lowest BCUT2D eigenvalue weighted by Gasteiger charge is -2.22. The van der Waals surface area contributed by atoms with Crippen LogP contribution in [-0.2, 0) is 13.6 Å². The third-order valence-corrected chi connectivity index (χ3v) is 6.92. The molecule has 0 bridgehead atoms. The van der Waals surface area contributed by atoms with Gasteiger partial charge in [0.25, 0.3) is 0 Å². The molecule has 2 heterocycles. The maximum Gasteiger partial charge on any atom is 0.127 e. The van der Waals surface area contributed by atoms with Crippen molar-refractivity contribution in [1.29, 1.82) is 0 Å². The van der Waals surface area contributed by atoms with Crippen LogP contribution >= 0.6 is 0 Å². The van der Waals surface area contributed by atoms with Crippen LogP contribution in [0, 0.1) is 12.8 Å². The summed E-state index contributed by atoms with van der Waals surface area (Å²) in [5.74, 6) is 2.46. The van der Waals surface area contributed by atoms with Gasteiger partial charge in [0.15, 0.2) is 0 Å². The first-order valence-electron chi connectivity index (χ1n) is 11.6. The molecule has 5 heteroatoms. The summed E-state index contributed by atoms with van der Waals surface area (Å²) in [4.78, 5) is 4.88. The molecule has 0 spiro atoms. The number of rotatable bonds is 7. The first kappa shape index (κ1) is 20.8. The Morgan fingerprint density at radius 3 is 2.84 bits per heavy atom. The quantitative estimate of drug-likeness (QED) is 0.413. The van der Waals surface area contributed by atoms with Gasteiger partial charge in [0.2, 0.25) is 0 Å². The smallest absolute Gasteiger partial charge is 0.127 e. The fraction of sp³-hybridized carbons (Fsp3) is 0.370. The zero-order chi connectivity index (χ0) is 22.1. The summed E-state index contributed by atoms with van der Waals surface area (Å²) in [7, 11) is 3.83. The molecule has 5 nitrogen and oxygen atoms in total. The van der Waals surface area contributed by atoms with Gasteiger partial charge in [-0.15, -0.1) is 0 Å². The molecule has 2 N–H and O–H groups in total. The normalized spacial score (nSPS) is 18.5. The Kier molecular flexibility index (Phi) is 5.75. The molecule has 2 aromatic carbocycles. The monoisotopic (exact) mass is 428 g/mol. The Balaban J connectivity index is 1.25. The topological polar surface area (TPSA) is 51.1 Å². The van der Waals surface area contributed by atoms with Crippen molar-refractivity contribution >= 4 is 27.6 Å². The summed E-state index contributed by atoms with van der Waals surface area (Å²) < 4.78 is 7.59. The molecular weight excluding hydrogens is 396 g/mol. The number of nitrogens with one attached hydrogen (secondary N) is 2. The average molecular weight is 429 g/mol. The molecule has 1 saturated carbocycles. The maximum absolute atomic E-state index is 5.37. The van der Waals surface area contributed by atoms with Gasteiger partial charge in [-0.25, -0.2) is 4.98 Å². The molecule has 4 aromatic rings. The SMILES string of the molecule is COc1ccc2nc(N[C@H]3CCC[C@@H]3CNCc3cn(C)c4ccccc34)cc(C)c2c1. The van der Waals surface area contributed by atoms with Gasteiger partial charge in [-0.2, -0.15) is 0 Å². The van der Waals surface area contributed by atoms with Gasteiger partial charge < -0.3 is 19.9 Å². The molecule has 0 amide bonds. The highest BCUT2D eigenvalue weighted by Gasteiger charge is 2.27. The van der Waals surface area contributed by atoms with E-state index in [1.165, 1.54) is 41.3 Å². The number of benzene rings is 2. The van der Waals surface area contributed by atoms with Gasteiger partial charge in [0, 0.05) is 48.7 Å². The Bertz CT molecular complexity index is 1250. The Morgan fingerprint density at radius 2 is 1.97 bits per heavy atom. The van der Waals surface area contributed by atoms with Crippen molar-refractivity contribution in [2.24, 2.45) is 13.0 Å². The standard InChI is InChI=1S/C27H32N4O/c1-18-13-27(30-25-12-11-21(32-3)14-23(18)25)29-24-9-6-7-19(24)15-28-16-20-17-31(2)26-10-5-4-8-22(20)26/h4-5,8,10-14,17,19,24,28H,6-7,9,15-16H2,1-3H3,(H,29,30)/t19-,24+/m1/s1. The lowest BCUT2D eigenvalue weighted by atomic mass is 10.0. The van der Waals surface area contributed by atoms with Crippen molar-refractivity contribution in [2.75, 3.05) is 19.0 Å². The van der Waals surface area contributed by atoms with E-state index in [9.17, 15) is 0 Å². The molecule has 1 aliphatic rings. The zero-order valence-corrected chi connectivity index (χ0v) is 19.2. The number of hydrogen-bond acceptors (Lipinski definition) is 4. The number of aryl methyl sites for hydroxylation is 2. The van der Waals surface area contributed by atoms with Crippen molar-refractivity contribution in [3.05, 3.63) is 65.9 Å². The lowest BCUT2D eigenvalue weighted by Crippen LogP contribution is -2.32. The van der Waals surface area contributed by atoms with Gasteiger partial charge in [-0.05, 0) is 67.1 Å². The van der Waals surface area contributed by atoms with Crippen LogP contribution in [0.4, 0.5) is 5.82 Å². The van der Waals surface area contributed by atoms with E-state index in [1.807, 2.05) is 12.1 Å². The molecule has 166 valence electrons. The van der Waals surface area contributed by atoms with E-state index in [0.29, 0.717) is 12.0 Å². The first-order valence-corrected chi connectivity index (χ1v) is 11.6. The van der Waals surface area contributed by atoms with Gasteiger partial charge in [0.05, 0.1) is 12.6 Å². The van der Waals surface area contributed by atoms with Crippen molar-refractivity contribution in [3.63, 3.8) is 0 Å². The average Bonchev–Trinajstić information content (AvgIpc) is 3.38. The summed E-state index contributed by atoms with van der Waals surface area (Å²) in [6.45, 7) is 4.07. The van der Waals surface area contributed by atoms with Crippen LogP contribution in [0.2, 0.25) is 0 Å². The fourth-order valence-corrected chi connectivity index (χ4v) is 5.19. The van der Waals surface area contributed by atoms with E-state index in [0.717, 1.165) is 35.6 Å². The number of pyridine rings is 1. The molecule has 0 unspecified atom stereocenters. The van der Waals surface area contributed by atoms with E-state index < -0.39 is 0 Å². The molecular formula is C27H32N4O. The highest BCUT2D eigenvalue weighted by Crippen LogP contribution is 2.30. The molecule has 2 aromatic heterocycles. The van der Waals surface area contributed by atoms with E-state index in [-0.39, 0.29) is 0 Å². The van der Waals surface area contributed by atoms with Crippen LogP contribution in [-0.4, -0.2) is 29.2 Å². The Labute approximate surface area is 189 Å². The molecule has 0 aliphatic heterocycles. The minimum atomic E-state index is 0.456. The largest absolute Gasteiger partial charge is 0.497 e. The van der Waals surface area contributed by atoms with Crippen molar-refractivity contribution < 1.29 is 4.74 Å². The van der Waals surface area contributed by atoms with E-state index in [4.69, 9.17) is 9.72 Å². The second-order valence-electron chi connectivity index (χ2n) is 9.06. The zero-order valence-electron chi connectivity index (χ0n) is 19.2. The number of fused-ring (bicyclic) bond motifs is 2. The van der Waals surface area contributed by atoms with Crippen LogP contribution < -0.4 is 15.4 Å². The predicted octanol–water partition coefficient (Wildman–Crippen LogP) is 5.41. The molecule has 32 heavy (non-hydrogen) atoms. The van der Waals surface area contributed by atoms with E-state index in [1.54, 1.807) is 7.11 Å². The van der Waals surface area contributed by atoms with Gasteiger partial charge in [0.1, 0.15) is 11.6 Å². The van der Waals surface area contributed by atoms with E-state index >= 15 is 0 Å². The van der Waals surface area contributed by atoms with Crippen LogP contribution in [0.25, 0.3) is 21.8 Å². The molecule has 0 saturated heterocycles. The Hall–Kier alpha value is -3.05. The molecule has 1 aliphatic carbocycles. The number of ether oxygens (including phenoxy) is 1. The van der Waals surface area contributed by atoms with Crippen molar-refractivity contribution in [3.8, 4) is 5.75 Å². The summed E-state index contributed by atoms with van der Waals surface area (Å²) in [5, 5.41) is 9.97. The molecule has 1 fully saturated rings. The predicted molar refractivity (Wildman–Crippen MR) is 132 cm³/mol. The van der Waals surface area contributed by atoms with Crippen molar-refractivity contribution in [1.82, 2.24) is 14.9 Å². The highest BCUT2D eigenvalue weighted by atomic mass is 16.5. The van der Waals surface area contributed by atoms with Crippen LogP contribution in [0.1, 0.15) is 30.4 Å². The van der Waals surface area contributed by atoms with Gasteiger partial charge >= 0.3 is 0 Å². The van der Waals surface area contributed by atoms with Gasteiger partial charge in [-0.3, -0.25) is 0 Å². The Morgan fingerprint density at radius 1 is 1.09 bits per heavy atom. The number of para-hydroxylation sites is 1. The lowest BCUT2D eigenvalue weighted by molar-refractivity contribution is 0.415. The third-order valence-electron chi connectivity index (χ3n) is 6.92. The second kappa shape index (κ2) is 8.83. The minimum absolute atomic E-state index is 0.456. The third kappa shape index (κ3) is 4.05. The summed E-state index contributed by atoms with van der Waals surface area (Å²) >= 11 is 0. The van der Waals surface area contributed by atoms with Crippen LogP contribution in [0.5, 0.6) is 5.75 Å². The van der Waals surface area contributed by atoms with Gasteiger partial charge in [-0.1, -0.05) is 24.6 Å². The number of methoxy groups -OCH3 is 1. The van der Waals surface area contributed by atoms with Crippen LogP contribution in [0.3, 0.4) is 0 Å². The van der Waals surface area contributed by atoms with Crippen molar-refractivity contribution in [2.45, 2.75) is 38.8 Å². The summed E-state index contributed by atoms with van der Waals surface area (Å²) in [6.07, 6.45) is 5.97. The summed E-state index contributed by atoms with van der Waals surface area (Å²) in [6, 6.07) is 17.3. The van der Waals surface area contributed by atoms with Crippen LogP contribution in [0.15, 0.2) is 54.7 Å². The number of nitrogens with zero attached hydrogens (tertiary/aromatic N) is 2. The van der Waals surface area contributed by atoms with E-state index in [2.05, 4.69) is 71.8 Å². The minimum Gasteiger partial charge on any atom is -0.497 e. The first-order chi connectivity index (χ1) is 15.6. The fourth-order valence-electron chi connectivity index (χ4n) is 5.19. The number of hydrogen-bond donors (Lipinski definition) is 2. The summed E-state index contributed by atoms with van der Waals surface area (Å²) in [5.41, 5.74) is 4.89. The maximum atomic E-state index is 5.37.